The second-order valence-electron chi connectivity index (χ2n) is 7.85. The third-order valence-electron chi connectivity index (χ3n) is 6.13. The number of rotatable bonds is 2. The van der Waals surface area contributed by atoms with Crippen molar-refractivity contribution in [3.05, 3.63) is 10.6 Å². The number of hydrogen-bond donors (Lipinski definition) is 1. The molecule has 104 valence electrons. The summed E-state index contributed by atoms with van der Waals surface area (Å²) in [5.74, 6) is 2.75. The van der Waals surface area contributed by atoms with Crippen LogP contribution in [-0.4, -0.2) is 14.8 Å². The molecule has 1 N–H and O–H groups in total. The minimum atomic E-state index is 0.346. The highest BCUT2D eigenvalue weighted by Crippen LogP contribution is 2.68. The minimum absolute atomic E-state index is 0.346. The lowest BCUT2D eigenvalue weighted by atomic mass is 9.68. The molecule has 3 unspecified atom stereocenters. The minimum Gasteiger partial charge on any atom is -0.300 e. The van der Waals surface area contributed by atoms with E-state index in [-0.39, 0.29) is 0 Å². The Kier molecular flexibility index (Phi) is 2.24. The molecule has 1 heterocycles. The van der Waals surface area contributed by atoms with Gasteiger partial charge in [-0.1, -0.05) is 20.8 Å². The summed E-state index contributed by atoms with van der Waals surface area (Å²) < 4.78 is 3.25. The normalized spacial score (nSPS) is 39.9. The first-order valence-corrected chi connectivity index (χ1v) is 8.01. The van der Waals surface area contributed by atoms with Crippen LogP contribution in [-0.2, 0) is 0 Å². The van der Waals surface area contributed by atoms with Gasteiger partial charge in [0, 0.05) is 12.0 Å². The van der Waals surface area contributed by atoms with E-state index in [9.17, 15) is 0 Å². The first-order valence-electron chi connectivity index (χ1n) is 7.60. The van der Waals surface area contributed by atoms with Gasteiger partial charge in [0.2, 0.25) is 0 Å². The Morgan fingerprint density at radius 3 is 2.58 bits per heavy atom. The van der Waals surface area contributed by atoms with Gasteiger partial charge >= 0.3 is 0 Å². The Balaban J connectivity index is 1.88. The molecule has 3 fully saturated rings. The van der Waals surface area contributed by atoms with Crippen molar-refractivity contribution in [3.63, 3.8) is 0 Å². The molecule has 3 atom stereocenters. The molecule has 0 aliphatic heterocycles. The summed E-state index contributed by atoms with van der Waals surface area (Å²) >= 11 is 5.57. The Labute approximate surface area is 119 Å². The molecule has 3 aliphatic carbocycles. The summed E-state index contributed by atoms with van der Waals surface area (Å²) in [7, 11) is 0. The van der Waals surface area contributed by atoms with E-state index in [1.165, 1.54) is 37.9 Å². The maximum atomic E-state index is 5.57. The highest BCUT2D eigenvalue weighted by Gasteiger charge is 2.60. The molecule has 19 heavy (non-hydrogen) atoms. The van der Waals surface area contributed by atoms with Crippen molar-refractivity contribution in [2.75, 3.05) is 0 Å². The fourth-order valence-corrected chi connectivity index (χ4v) is 5.36. The molecule has 0 amide bonds. The Morgan fingerprint density at radius 1 is 1.26 bits per heavy atom. The van der Waals surface area contributed by atoms with E-state index in [1.54, 1.807) is 0 Å². The van der Waals surface area contributed by atoms with Gasteiger partial charge in [-0.15, -0.1) is 0 Å². The highest BCUT2D eigenvalue weighted by molar-refractivity contribution is 7.71. The molecule has 3 saturated carbocycles. The van der Waals surface area contributed by atoms with Gasteiger partial charge in [-0.2, -0.15) is 5.10 Å². The number of nitrogens with one attached hydrogen (secondary N) is 1. The van der Waals surface area contributed by atoms with Crippen LogP contribution in [0.1, 0.15) is 70.7 Å². The molecule has 1 aromatic rings. The van der Waals surface area contributed by atoms with Crippen molar-refractivity contribution in [3.8, 4) is 0 Å². The molecule has 4 heteroatoms. The van der Waals surface area contributed by atoms with Gasteiger partial charge in [-0.3, -0.25) is 9.67 Å². The predicted octanol–water partition coefficient (Wildman–Crippen LogP) is 4.21. The van der Waals surface area contributed by atoms with Gasteiger partial charge in [0.05, 0.1) is 0 Å². The summed E-state index contributed by atoms with van der Waals surface area (Å²) in [5.41, 5.74) is 0.763. The van der Waals surface area contributed by atoms with E-state index >= 15 is 0 Å². The smallest absolute Gasteiger partial charge is 0.195 e. The van der Waals surface area contributed by atoms with Gasteiger partial charge in [0.15, 0.2) is 4.77 Å². The largest absolute Gasteiger partial charge is 0.300 e. The number of fused-ring (bicyclic) bond motifs is 2. The van der Waals surface area contributed by atoms with Crippen molar-refractivity contribution >= 4 is 12.2 Å². The third kappa shape index (κ3) is 1.49. The van der Waals surface area contributed by atoms with Crippen LogP contribution in [0.15, 0.2) is 0 Å². The third-order valence-corrected chi connectivity index (χ3v) is 6.41. The molecule has 3 nitrogen and oxygen atoms in total. The molecule has 1 aromatic heterocycles. The average molecular weight is 277 g/mol. The standard InChI is InChI=1S/C15H23N3S/c1-14(2)10-6-7-15(3,8-10)12(14)18-11(9-4-5-9)16-17-13(18)19/h9-10,12H,4-8H2,1-3H3,(H,17,19). The lowest BCUT2D eigenvalue weighted by molar-refractivity contribution is 0.0798. The topological polar surface area (TPSA) is 33.6 Å². The number of H-pyrrole nitrogens is 1. The van der Waals surface area contributed by atoms with Crippen molar-refractivity contribution < 1.29 is 0 Å². The average Bonchev–Trinajstić information content (AvgIpc) is 2.95. The molecule has 0 saturated heterocycles. The zero-order chi connectivity index (χ0) is 13.4. The number of aromatic amines is 1. The van der Waals surface area contributed by atoms with Crippen LogP contribution in [0.5, 0.6) is 0 Å². The van der Waals surface area contributed by atoms with Crippen LogP contribution < -0.4 is 0 Å². The van der Waals surface area contributed by atoms with Crippen LogP contribution in [0, 0.1) is 21.5 Å². The van der Waals surface area contributed by atoms with Gasteiger partial charge < -0.3 is 0 Å². The molecule has 0 aromatic carbocycles. The molecule has 3 aliphatic rings. The molecule has 2 bridgehead atoms. The lowest BCUT2D eigenvalue weighted by Crippen LogP contribution is -2.38. The second kappa shape index (κ2) is 3.51. The monoisotopic (exact) mass is 277 g/mol. The summed E-state index contributed by atoms with van der Waals surface area (Å²) in [4.78, 5) is 0. The Morgan fingerprint density at radius 2 is 2.00 bits per heavy atom. The van der Waals surface area contributed by atoms with Gasteiger partial charge in [0.25, 0.3) is 0 Å². The Bertz CT molecular complexity index is 576. The van der Waals surface area contributed by atoms with Crippen molar-refractivity contribution in [2.45, 2.75) is 64.8 Å². The van der Waals surface area contributed by atoms with Crippen molar-refractivity contribution in [1.29, 1.82) is 0 Å². The van der Waals surface area contributed by atoms with E-state index in [1.807, 2.05) is 0 Å². The number of aromatic nitrogens is 3. The van der Waals surface area contributed by atoms with Gasteiger partial charge in [-0.25, -0.2) is 0 Å². The van der Waals surface area contributed by atoms with Gasteiger partial charge in [-0.05, 0) is 61.1 Å². The quantitative estimate of drug-likeness (QED) is 0.822. The van der Waals surface area contributed by atoms with Crippen LogP contribution in [0.2, 0.25) is 0 Å². The lowest BCUT2D eigenvalue weighted by Gasteiger charge is -2.43. The summed E-state index contributed by atoms with van der Waals surface area (Å²) in [6.07, 6.45) is 6.67. The fraction of sp³-hybridized carbons (Fsp3) is 0.867. The van der Waals surface area contributed by atoms with E-state index in [0.717, 1.165) is 10.7 Å². The fourth-order valence-electron chi connectivity index (χ4n) is 5.12. The Hall–Kier alpha value is -0.640. The highest BCUT2D eigenvalue weighted by atomic mass is 32.1. The second-order valence-corrected chi connectivity index (χ2v) is 8.24. The van der Waals surface area contributed by atoms with E-state index in [2.05, 4.69) is 35.5 Å². The van der Waals surface area contributed by atoms with Crippen molar-refractivity contribution in [2.24, 2.45) is 16.7 Å². The molecular weight excluding hydrogens is 254 g/mol. The zero-order valence-corrected chi connectivity index (χ0v) is 12.9. The molecule has 0 radical (unpaired) electrons. The van der Waals surface area contributed by atoms with E-state index in [0.29, 0.717) is 22.8 Å². The first-order chi connectivity index (χ1) is 8.93. The van der Waals surface area contributed by atoms with Crippen LogP contribution in [0.4, 0.5) is 0 Å². The van der Waals surface area contributed by atoms with E-state index in [4.69, 9.17) is 12.2 Å². The number of hydrogen-bond acceptors (Lipinski definition) is 2. The van der Waals surface area contributed by atoms with E-state index < -0.39 is 0 Å². The van der Waals surface area contributed by atoms with Crippen molar-refractivity contribution in [1.82, 2.24) is 14.8 Å². The van der Waals surface area contributed by atoms with Crippen LogP contribution in [0.25, 0.3) is 0 Å². The van der Waals surface area contributed by atoms with Crippen LogP contribution in [0.3, 0.4) is 0 Å². The summed E-state index contributed by atoms with van der Waals surface area (Å²) in [6.45, 7) is 7.36. The molecular formula is C15H23N3S. The SMILES string of the molecule is CC12CCC(C1)C(C)(C)C2n1c(C2CC2)n[nH]c1=S. The summed E-state index contributed by atoms with van der Waals surface area (Å²) in [5, 5.41) is 7.61. The molecule has 4 rings (SSSR count). The first kappa shape index (κ1) is 12.1. The summed E-state index contributed by atoms with van der Waals surface area (Å²) in [6, 6.07) is 0.528. The maximum Gasteiger partial charge on any atom is 0.195 e. The predicted molar refractivity (Wildman–Crippen MR) is 77.7 cm³/mol. The maximum absolute atomic E-state index is 5.57. The van der Waals surface area contributed by atoms with Crippen LogP contribution >= 0.6 is 12.2 Å². The van der Waals surface area contributed by atoms with Gasteiger partial charge in [0.1, 0.15) is 5.82 Å². The zero-order valence-electron chi connectivity index (χ0n) is 12.1. The molecule has 0 spiro atoms. The number of nitrogens with zero attached hydrogens (tertiary/aromatic N) is 2.